The molecule has 0 aliphatic rings. The minimum Gasteiger partial charge on any atom is -0.382 e. The maximum Gasteiger partial charge on any atom is 0.253 e. The zero-order chi connectivity index (χ0) is 19.6. The topological polar surface area (TPSA) is 100 Å². The number of pyridine rings is 1. The average molecular weight is 392 g/mol. The molecule has 8 heteroatoms. The summed E-state index contributed by atoms with van der Waals surface area (Å²) in [6, 6.07) is 8.41. The Hall–Kier alpha value is -2.64. The summed E-state index contributed by atoms with van der Waals surface area (Å²) in [7, 11) is 0. The molecule has 0 aliphatic carbocycles. The number of benzene rings is 1. The molecule has 3 N–H and O–H groups in total. The molecule has 2 amide bonds. The zero-order valence-corrected chi connectivity index (χ0v) is 15.7. The monoisotopic (exact) mass is 391 g/mol. The highest BCUT2D eigenvalue weighted by Gasteiger charge is 2.23. The first-order chi connectivity index (χ1) is 13.0. The zero-order valence-electron chi connectivity index (χ0n) is 15.0. The lowest BCUT2D eigenvalue weighted by Crippen LogP contribution is -2.41. The van der Waals surface area contributed by atoms with Gasteiger partial charge in [0.1, 0.15) is 6.04 Å². The number of hydrogen-bond donors (Lipinski definition) is 3. The molecule has 0 bridgehead atoms. The molecule has 1 heterocycles. The standard InChI is InChI=1S/C19H22ClN3O4/c1-2-27-11-3-10-21-19(26)17(13-4-7-15(20)8-5-13)23-18(25)14-6-9-16(24)22-12-14/h4-9,12,17H,2-3,10-11H2,1H3,(H,21,26)(H,22,24)(H,23,25)/t17-/m1/s1. The molecule has 0 radical (unpaired) electrons. The molecule has 0 saturated heterocycles. The molecule has 1 aromatic heterocycles. The van der Waals surface area contributed by atoms with Gasteiger partial charge in [0, 0.05) is 37.0 Å². The summed E-state index contributed by atoms with van der Waals surface area (Å²) < 4.78 is 5.24. The van der Waals surface area contributed by atoms with Crippen LogP contribution in [-0.2, 0) is 9.53 Å². The Morgan fingerprint density at radius 1 is 1.19 bits per heavy atom. The summed E-state index contributed by atoms with van der Waals surface area (Å²) in [6.07, 6.45) is 1.97. The largest absolute Gasteiger partial charge is 0.382 e. The van der Waals surface area contributed by atoms with Crippen LogP contribution < -0.4 is 16.2 Å². The second-order valence-electron chi connectivity index (χ2n) is 5.74. The Morgan fingerprint density at radius 2 is 1.93 bits per heavy atom. The number of aromatic amines is 1. The first-order valence-electron chi connectivity index (χ1n) is 8.61. The van der Waals surface area contributed by atoms with Gasteiger partial charge >= 0.3 is 0 Å². The predicted octanol–water partition coefficient (Wildman–Crippen LogP) is 2.04. The number of aromatic nitrogens is 1. The van der Waals surface area contributed by atoms with Gasteiger partial charge in [-0.3, -0.25) is 14.4 Å². The molecule has 0 unspecified atom stereocenters. The molecule has 1 atom stereocenters. The lowest BCUT2D eigenvalue weighted by atomic mass is 10.1. The van der Waals surface area contributed by atoms with Gasteiger partial charge in [0.15, 0.2) is 0 Å². The highest BCUT2D eigenvalue weighted by atomic mass is 35.5. The minimum absolute atomic E-state index is 0.248. The normalized spacial score (nSPS) is 11.6. The van der Waals surface area contributed by atoms with E-state index < -0.39 is 11.9 Å². The maximum atomic E-state index is 12.6. The molecular formula is C19H22ClN3O4. The van der Waals surface area contributed by atoms with Crippen molar-refractivity contribution >= 4 is 23.4 Å². The van der Waals surface area contributed by atoms with Crippen molar-refractivity contribution in [3.8, 4) is 0 Å². The van der Waals surface area contributed by atoms with Crippen molar-refractivity contribution in [2.45, 2.75) is 19.4 Å². The number of ether oxygens (including phenoxy) is 1. The number of carbonyl (C=O) groups excluding carboxylic acids is 2. The first-order valence-corrected chi connectivity index (χ1v) is 8.99. The number of rotatable bonds is 9. The van der Waals surface area contributed by atoms with E-state index in [-0.39, 0.29) is 17.0 Å². The van der Waals surface area contributed by atoms with Crippen LogP contribution in [0.1, 0.15) is 35.3 Å². The molecule has 1 aromatic carbocycles. The van der Waals surface area contributed by atoms with Crippen LogP contribution in [0.5, 0.6) is 0 Å². The summed E-state index contributed by atoms with van der Waals surface area (Å²) in [5.74, 6) is -0.817. The lowest BCUT2D eigenvalue weighted by molar-refractivity contribution is -0.123. The number of nitrogens with one attached hydrogen (secondary N) is 3. The van der Waals surface area contributed by atoms with Gasteiger partial charge < -0.3 is 20.4 Å². The van der Waals surface area contributed by atoms with Gasteiger partial charge in [-0.2, -0.15) is 0 Å². The van der Waals surface area contributed by atoms with Crippen molar-refractivity contribution in [3.05, 3.63) is 69.1 Å². The number of amides is 2. The number of carbonyl (C=O) groups is 2. The third kappa shape index (κ3) is 6.54. The molecule has 2 rings (SSSR count). The molecular weight excluding hydrogens is 370 g/mol. The first kappa shape index (κ1) is 20.7. The summed E-state index contributed by atoms with van der Waals surface area (Å²) >= 11 is 5.91. The van der Waals surface area contributed by atoms with Crippen LogP contribution in [0.15, 0.2) is 47.4 Å². The number of hydrogen-bond acceptors (Lipinski definition) is 4. The molecule has 27 heavy (non-hydrogen) atoms. The summed E-state index contributed by atoms with van der Waals surface area (Å²) in [5.41, 5.74) is 0.532. The van der Waals surface area contributed by atoms with Gasteiger partial charge in [-0.25, -0.2) is 0 Å². The van der Waals surface area contributed by atoms with E-state index in [0.29, 0.717) is 36.8 Å². The summed E-state index contributed by atoms with van der Waals surface area (Å²) in [6.45, 7) is 3.50. The smallest absolute Gasteiger partial charge is 0.253 e. The molecule has 0 aliphatic heterocycles. The predicted molar refractivity (Wildman–Crippen MR) is 103 cm³/mol. The molecule has 7 nitrogen and oxygen atoms in total. The fourth-order valence-electron chi connectivity index (χ4n) is 2.35. The van der Waals surface area contributed by atoms with Crippen LogP contribution in [-0.4, -0.2) is 36.6 Å². The van der Waals surface area contributed by atoms with E-state index in [9.17, 15) is 14.4 Å². The third-order valence-electron chi connectivity index (χ3n) is 3.76. The molecule has 2 aromatic rings. The fraction of sp³-hybridized carbons (Fsp3) is 0.316. The maximum absolute atomic E-state index is 12.6. The molecule has 0 saturated carbocycles. The second-order valence-corrected chi connectivity index (χ2v) is 6.18. The van der Waals surface area contributed by atoms with Crippen molar-refractivity contribution in [2.75, 3.05) is 19.8 Å². The van der Waals surface area contributed by atoms with Gasteiger partial charge in [-0.05, 0) is 37.1 Å². The van der Waals surface area contributed by atoms with Gasteiger partial charge in [0.05, 0.1) is 5.56 Å². The van der Waals surface area contributed by atoms with Crippen LogP contribution >= 0.6 is 11.6 Å². The highest BCUT2D eigenvalue weighted by Crippen LogP contribution is 2.17. The van der Waals surface area contributed by atoms with E-state index in [0.717, 1.165) is 0 Å². The molecule has 0 spiro atoms. The summed E-state index contributed by atoms with van der Waals surface area (Å²) in [4.78, 5) is 38.7. The van der Waals surface area contributed by atoms with E-state index >= 15 is 0 Å². The van der Waals surface area contributed by atoms with Crippen LogP contribution in [0.3, 0.4) is 0 Å². The van der Waals surface area contributed by atoms with E-state index in [1.165, 1.54) is 18.3 Å². The Labute approximate surface area is 162 Å². The van der Waals surface area contributed by atoms with Crippen molar-refractivity contribution in [2.24, 2.45) is 0 Å². The van der Waals surface area contributed by atoms with Crippen LogP contribution in [0, 0.1) is 0 Å². The number of H-pyrrole nitrogens is 1. The van der Waals surface area contributed by atoms with E-state index in [1.807, 2.05) is 6.92 Å². The van der Waals surface area contributed by atoms with E-state index in [1.54, 1.807) is 24.3 Å². The lowest BCUT2D eigenvalue weighted by Gasteiger charge is -2.19. The Bertz CT molecular complexity index is 800. The van der Waals surface area contributed by atoms with E-state index in [4.69, 9.17) is 16.3 Å². The third-order valence-corrected chi connectivity index (χ3v) is 4.01. The summed E-state index contributed by atoms with van der Waals surface area (Å²) in [5, 5.41) is 6.02. The van der Waals surface area contributed by atoms with Crippen molar-refractivity contribution in [1.29, 1.82) is 0 Å². The fourth-order valence-corrected chi connectivity index (χ4v) is 2.48. The SMILES string of the molecule is CCOCCCNC(=O)[C@H](NC(=O)c1ccc(=O)[nH]c1)c1ccc(Cl)cc1. The number of halogens is 1. The Balaban J connectivity index is 2.10. The van der Waals surface area contributed by atoms with Gasteiger partial charge in [0.2, 0.25) is 11.5 Å². The van der Waals surface area contributed by atoms with Gasteiger partial charge in [0.25, 0.3) is 5.91 Å². The Kier molecular flexibility index (Phi) is 8.03. The van der Waals surface area contributed by atoms with Gasteiger partial charge in [-0.15, -0.1) is 0 Å². The van der Waals surface area contributed by atoms with Gasteiger partial charge in [-0.1, -0.05) is 23.7 Å². The van der Waals surface area contributed by atoms with Crippen molar-refractivity contribution < 1.29 is 14.3 Å². The molecule has 144 valence electrons. The van der Waals surface area contributed by atoms with Crippen molar-refractivity contribution in [3.63, 3.8) is 0 Å². The second kappa shape index (κ2) is 10.5. The minimum atomic E-state index is -0.895. The van der Waals surface area contributed by atoms with Crippen LogP contribution in [0.2, 0.25) is 5.02 Å². The Morgan fingerprint density at radius 3 is 2.56 bits per heavy atom. The van der Waals surface area contributed by atoms with E-state index in [2.05, 4.69) is 15.6 Å². The average Bonchev–Trinajstić information content (AvgIpc) is 2.67. The van der Waals surface area contributed by atoms with Crippen LogP contribution in [0.25, 0.3) is 0 Å². The van der Waals surface area contributed by atoms with Crippen molar-refractivity contribution in [1.82, 2.24) is 15.6 Å². The quantitative estimate of drug-likeness (QED) is 0.569. The molecule has 0 fully saturated rings. The van der Waals surface area contributed by atoms with Crippen LogP contribution in [0.4, 0.5) is 0 Å². The highest BCUT2D eigenvalue weighted by molar-refractivity contribution is 6.30.